The molecule has 0 amide bonds. The lowest BCUT2D eigenvalue weighted by Crippen LogP contribution is -1.98. The molecule has 0 aliphatic heterocycles. The van der Waals surface area contributed by atoms with Crippen molar-refractivity contribution < 1.29 is 4.52 Å². The van der Waals surface area contributed by atoms with Gasteiger partial charge < -0.3 is 4.52 Å². The van der Waals surface area contributed by atoms with Crippen molar-refractivity contribution in [2.45, 2.75) is 12.4 Å². The van der Waals surface area contributed by atoms with E-state index in [1.165, 1.54) is 0 Å². The summed E-state index contributed by atoms with van der Waals surface area (Å²) in [6.07, 6.45) is 1.79. The maximum atomic E-state index is 5.68. The molecule has 5 nitrogen and oxygen atoms in total. The van der Waals surface area contributed by atoms with Gasteiger partial charge in [-0.15, -0.1) is 16.7 Å². The average Bonchev–Trinajstić information content (AvgIpc) is 3.09. The topological polar surface area (TPSA) is 56.7 Å². The van der Waals surface area contributed by atoms with Gasteiger partial charge in [-0.1, -0.05) is 40.7 Å². The van der Waals surface area contributed by atoms with Gasteiger partial charge in [0.2, 0.25) is 0 Å². The molecule has 3 aromatic rings. The lowest BCUT2D eigenvalue weighted by Gasteiger charge is -1.93. The van der Waals surface area contributed by atoms with Crippen LogP contribution in [-0.4, -0.2) is 20.2 Å². The van der Waals surface area contributed by atoms with Gasteiger partial charge in [-0.05, 0) is 0 Å². The number of halogens is 1. The van der Waals surface area contributed by atoms with Gasteiger partial charge >= 0.3 is 0 Å². The molecular formula is C13H11ClN4O. The van der Waals surface area contributed by atoms with E-state index in [9.17, 15) is 0 Å². The van der Waals surface area contributed by atoms with Gasteiger partial charge in [0.25, 0.3) is 0 Å². The third kappa shape index (κ3) is 2.66. The van der Waals surface area contributed by atoms with Gasteiger partial charge in [0.05, 0.1) is 17.8 Å². The molecule has 0 bridgehead atoms. The second-order valence-corrected chi connectivity index (χ2v) is 4.35. The van der Waals surface area contributed by atoms with Gasteiger partial charge in [0, 0.05) is 11.6 Å². The van der Waals surface area contributed by atoms with Crippen molar-refractivity contribution in [3.8, 4) is 11.3 Å². The zero-order valence-corrected chi connectivity index (χ0v) is 10.8. The molecule has 3 rings (SSSR count). The van der Waals surface area contributed by atoms with Crippen LogP contribution < -0.4 is 0 Å². The molecule has 0 atom stereocenters. The molecule has 0 fully saturated rings. The minimum Gasteiger partial charge on any atom is -0.359 e. The molecule has 96 valence electrons. The van der Waals surface area contributed by atoms with E-state index >= 15 is 0 Å². The number of alkyl halides is 1. The molecule has 6 heteroatoms. The maximum absolute atomic E-state index is 5.68. The van der Waals surface area contributed by atoms with Gasteiger partial charge in [-0.2, -0.15) is 0 Å². The molecule has 0 radical (unpaired) electrons. The Hall–Kier alpha value is -2.14. The summed E-state index contributed by atoms with van der Waals surface area (Å²) in [7, 11) is 0. The quantitative estimate of drug-likeness (QED) is 0.687. The Morgan fingerprint density at radius 2 is 2.05 bits per heavy atom. The molecule has 0 saturated heterocycles. The Kier molecular flexibility index (Phi) is 3.29. The SMILES string of the molecule is ClCc1cn(Cc2cc(-c3ccccc3)no2)nn1. The van der Waals surface area contributed by atoms with Crippen LogP contribution in [0.15, 0.2) is 47.1 Å². The fourth-order valence-corrected chi connectivity index (χ4v) is 1.89. The summed E-state index contributed by atoms with van der Waals surface area (Å²) in [4.78, 5) is 0. The normalized spacial score (nSPS) is 10.8. The van der Waals surface area contributed by atoms with Crippen LogP contribution in [0.25, 0.3) is 11.3 Å². The summed E-state index contributed by atoms with van der Waals surface area (Å²) in [5, 5.41) is 11.9. The highest BCUT2D eigenvalue weighted by molar-refractivity contribution is 6.16. The van der Waals surface area contributed by atoms with Crippen LogP contribution in [-0.2, 0) is 12.4 Å². The predicted molar refractivity (Wildman–Crippen MR) is 70.6 cm³/mol. The highest BCUT2D eigenvalue weighted by Crippen LogP contribution is 2.18. The van der Waals surface area contributed by atoms with E-state index in [-0.39, 0.29) is 0 Å². The van der Waals surface area contributed by atoms with Crippen LogP contribution in [0.3, 0.4) is 0 Å². The largest absolute Gasteiger partial charge is 0.359 e. The summed E-state index contributed by atoms with van der Waals surface area (Å²) in [6.45, 7) is 0.490. The van der Waals surface area contributed by atoms with Crippen molar-refractivity contribution in [1.29, 1.82) is 0 Å². The van der Waals surface area contributed by atoms with Crippen LogP contribution in [0, 0.1) is 0 Å². The summed E-state index contributed by atoms with van der Waals surface area (Å²) in [6, 6.07) is 11.8. The zero-order valence-electron chi connectivity index (χ0n) is 10.0. The molecule has 0 aliphatic carbocycles. The second-order valence-electron chi connectivity index (χ2n) is 4.09. The van der Waals surface area contributed by atoms with Crippen molar-refractivity contribution in [3.05, 3.63) is 54.0 Å². The first-order valence-corrected chi connectivity index (χ1v) is 6.34. The van der Waals surface area contributed by atoms with Crippen LogP contribution in [0.1, 0.15) is 11.5 Å². The highest BCUT2D eigenvalue weighted by atomic mass is 35.5. The fourth-order valence-electron chi connectivity index (χ4n) is 1.77. The van der Waals surface area contributed by atoms with E-state index in [1.54, 1.807) is 10.9 Å². The van der Waals surface area contributed by atoms with E-state index in [0.29, 0.717) is 12.4 Å². The van der Waals surface area contributed by atoms with E-state index in [0.717, 1.165) is 22.7 Å². The maximum Gasteiger partial charge on any atom is 0.158 e. The Balaban J connectivity index is 1.78. The van der Waals surface area contributed by atoms with E-state index in [1.807, 2.05) is 36.4 Å². The molecule has 2 aromatic heterocycles. The third-order valence-electron chi connectivity index (χ3n) is 2.67. The van der Waals surface area contributed by atoms with Crippen molar-refractivity contribution in [2.75, 3.05) is 0 Å². The van der Waals surface area contributed by atoms with Gasteiger partial charge in [0.15, 0.2) is 5.76 Å². The smallest absolute Gasteiger partial charge is 0.158 e. The minimum absolute atomic E-state index is 0.353. The molecule has 0 saturated carbocycles. The number of nitrogens with zero attached hydrogens (tertiary/aromatic N) is 4. The Bertz CT molecular complexity index is 662. The van der Waals surface area contributed by atoms with Gasteiger partial charge in [-0.3, -0.25) is 0 Å². The average molecular weight is 275 g/mol. The predicted octanol–water partition coefficient (Wildman–Crippen LogP) is 2.72. The summed E-state index contributed by atoms with van der Waals surface area (Å²) >= 11 is 5.68. The van der Waals surface area contributed by atoms with Gasteiger partial charge in [-0.25, -0.2) is 4.68 Å². The van der Waals surface area contributed by atoms with Crippen LogP contribution >= 0.6 is 11.6 Å². The van der Waals surface area contributed by atoms with Crippen molar-refractivity contribution in [3.63, 3.8) is 0 Å². The fraction of sp³-hybridized carbons (Fsp3) is 0.154. The van der Waals surface area contributed by atoms with Crippen molar-refractivity contribution in [1.82, 2.24) is 20.2 Å². The summed E-state index contributed by atoms with van der Waals surface area (Å²) < 4.78 is 6.97. The molecule has 0 unspecified atom stereocenters. The molecule has 2 heterocycles. The first kappa shape index (κ1) is 11.9. The standard InChI is InChI=1S/C13H11ClN4O/c14-7-11-8-18(17-15-11)9-12-6-13(16-19-12)10-4-2-1-3-5-10/h1-6,8H,7,9H2. The molecule has 0 spiro atoms. The van der Waals surface area contributed by atoms with Gasteiger partial charge in [0.1, 0.15) is 12.2 Å². The number of aromatic nitrogens is 4. The molecular weight excluding hydrogens is 264 g/mol. The number of hydrogen-bond acceptors (Lipinski definition) is 4. The highest BCUT2D eigenvalue weighted by Gasteiger charge is 2.08. The third-order valence-corrected chi connectivity index (χ3v) is 2.94. The van der Waals surface area contributed by atoms with E-state index in [4.69, 9.17) is 16.1 Å². The summed E-state index contributed by atoms with van der Waals surface area (Å²) in [5.74, 6) is 1.08. The lowest BCUT2D eigenvalue weighted by molar-refractivity contribution is 0.372. The van der Waals surface area contributed by atoms with Crippen LogP contribution in [0.5, 0.6) is 0 Å². The lowest BCUT2D eigenvalue weighted by atomic mass is 10.1. The number of rotatable bonds is 4. The molecule has 0 N–H and O–H groups in total. The van der Waals surface area contributed by atoms with Crippen LogP contribution in [0.2, 0.25) is 0 Å². The molecule has 1 aromatic carbocycles. The first-order valence-electron chi connectivity index (χ1n) is 5.81. The molecule has 19 heavy (non-hydrogen) atoms. The number of benzene rings is 1. The molecule has 0 aliphatic rings. The van der Waals surface area contributed by atoms with E-state index in [2.05, 4.69) is 15.5 Å². The number of hydrogen-bond donors (Lipinski definition) is 0. The monoisotopic (exact) mass is 274 g/mol. The van der Waals surface area contributed by atoms with E-state index < -0.39 is 0 Å². The van der Waals surface area contributed by atoms with Crippen molar-refractivity contribution in [2.24, 2.45) is 0 Å². The minimum atomic E-state index is 0.353. The summed E-state index contributed by atoms with van der Waals surface area (Å²) in [5.41, 5.74) is 2.58. The Morgan fingerprint density at radius 3 is 2.79 bits per heavy atom. The van der Waals surface area contributed by atoms with Crippen molar-refractivity contribution >= 4 is 11.6 Å². The van der Waals surface area contributed by atoms with Crippen LogP contribution in [0.4, 0.5) is 0 Å². The first-order chi connectivity index (χ1) is 9.35. The second kappa shape index (κ2) is 5.24. The zero-order chi connectivity index (χ0) is 13.1. The Morgan fingerprint density at radius 1 is 1.21 bits per heavy atom. The Labute approximate surface area is 114 Å².